The van der Waals surface area contributed by atoms with Crippen LogP contribution in [-0.4, -0.2) is 11.7 Å². The van der Waals surface area contributed by atoms with E-state index in [1.54, 1.807) is 24.3 Å². The summed E-state index contributed by atoms with van der Waals surface area (Å²) in [5, 5.41) is 9.11. The molecule has 0 heterocycles. The first-order chi connectivity index (χ1) is 8.34. The van der Waals surface area contributed by atoms with Gasteiger partial charge in [0.25, 0.3) is 0 Å². The first kappa shape index (κ1) is 11.3. The van der Waals surface area contributed by atoms with Crippen LogP contribution in [0.25, 0.3) is 6.08 Å². The molecule has 0 bridgehead atoms. The van der Waals surface area contributed by atoms with Crippen LogP contribution in [0.1, 0.15) is 5.56 Å². The number of phenolic OH excluding ortho intramolecular Hbond substituents is 1. The Morgan fingerprint density at radius 3 is 2.35 bits per heavy atom. The Kier molecular flexibility index (Phi) is 3.81. The molecule has 0 aliphatic rings. The summed E-state index contributed by atoms with van der Waals surface area (Å²) in [6.45, 7) is 0.514. The number of benzene rings is 2. The highest BCUT2D eigenvalue weighted by molar-refractivity contribution is 5.48. The molecule has 0 unspecified atom stereocenters. The van der Waals surface area contributed by atoms with Crippen LogP contribution in [0.5, 0.6) is 11.5 Å². The van der Waals surface area contributed by atoms with Crippen LogP contribution >= 0.6 is 0 Å². The molecule has 2 aromatic carbocycles. The van der Waals surface area contributed by atoms with E-state index in [-0.39, 0.29) is 5.75 Å². The second kappa shape index (κ2) is 5.75. The molecule has 0 aromatic heterocycles. The molecule has 2 nitrogen and oxygen atoms in total. The van der Waals surface area contributed by atoms with Crippen LogP contribution in [0, 0.1) is 0 Å². The predicted molar refractivity (Wildman–Crippen MR) is 69.1 cm³/mol. The topological polar surface area (TPSA) is 29.5 Å². The fraction of sp³-hybridized carbons (Fsp3) is 0.0667. The van der Waals surface area contributed by atoms with Gasteiger partial charge in [-0.05, 0) is 35.9 Å². The largest absolute Gasteiger partial charge is 0.508 e. The molecule has 0 spiro atoms. The zero-order valence-corrected chi connectivity index (χ0v) is 9.41. The Morgan fingerprint density at radius 2 is 1.65 bits per heavy atom. The molecule has 0 radical (unpaired) electrons. The minimum Gasteiger partial charge on any atom is -0.508 e. The van der Waals surface area contributed by atoms with Crippen molar-refractivity contribution in [2.75, 3.05) is 6.61 Å². The molecule has 0 aliphatic carbocycles. The van der Waals surface area contributed by atoms with Gasteiger partial charge in [0.2, 0.25) is 0 Å². The highest BCUT2D eigenvalue weighted by Gasteiger charge is 1.91. The monoisotopic (exact) mass is 226 g/mol. The molecule has 86 valence electrons. The third-order valence-electron chi connectivity index (χ3n) is 2.29. The van der Waals surface area contributed by atoms with Crippen LogP contribution in [0.2, 0.25) is 0 Å². The van der Waals surface area contributed by atoms with Gasteiger partial charge in [0.15, 0.2) is 0 Å². The molecule has 1 N–H and O–H groups in total. The summed E-state index contributed by atoms with van der Waals surface area (Å²) < 4.78 is 5.48. The van der Waals surface area contributed by atoms with E-state index in [4.69, 9.17) is 9.84 Å². The fourth-order valence-electron chi connectivity index (χ4n) is 1.44. The van der Waals surface area contributed by atoms with E-state index in [0.717, 1.165) is 11.3 Å². The van der Waals surface area contributed by atoms with E-state index in [2.05, 4.69) is 0 Å². The van der Waals surface area contributed by atoms with Crippen molar-refractivity contribution in [2.45, 2.75) is 0 Å². The lowest BCUT2D eigenvalue weighted by molar-refractivity contribution is 0.362. The van der Waals surface area contributed by atoms with Crippen molar-refractivity contribution in [3.63, 3.8) is 0 Å². The SMILES string of the molecule is Oc1ccc(OC/C=C/c2ccccc2)cc1. The van der Waals surface area contributed by atoms with Gasteiger partial charge in [-0.25, -0.2) is 0 Å². The van der Waals surface area contributed by atoms with Crippen molar-refractivity contribution in [1.82, 2.24) is 0 Å². The molecule has 2 aromatic rings. The molecule has 0 amide bonds. The minimum absolute atomic E-state index is 0.247. The lowest BCUT2D eigenvalue weighted by atomic mass is 10.2. The van der Waals surface area contributed by atoms with Gasteiger partial charge in [0.05, 0.1) is 0 Å². The molecule has 0 saturated heterocycles. The van der Waals surface area contributed by atoms with Gasteiger partial charge in [0, 0.05) is 0 Å². The van der Waals surface area contributed by atoms with Gasteiger partial charge >= 0.3 is 0 Å². The Labute approximate surface area is 101 Å². The quantitative estimate of drug-likeness (QED) is 0.864. The van der Waals surface area contributed by atoms with Gasteiger partial charge in [0.1, 0.15) is 18.1 Å². The molecule has 0 saturated carbocycles. The maximum atomic E-state index is 9.11. The number of phenols is 1. The standard InChI is InChI=1S/C15H14O2/c16-14-8-10-15(11-9-14)17-12-4-7-13-5-2-1-3-6-13/h1-11,16H,12H2/b7-4+. The van der Waals surface area contributed by atoms with Crippen LogP contribution in [0.3, 0.4) is 0 Å². The average molecular weight is 226 g/mol. The summed E-state index contributed by atoms with van der Waals surface area (Å²) >= 11 is 0. The number of ether oxygens (including phenoxy) is 1. The molecule has 0 fully saturated rings. The van der Waals surface area contributed by atoms with Crippen molar-refractivity contribution in [2.24, 2.45) is 0 Å². The first-order valence-electron chi connectivity index (χ1n) is 5.48. The maximum Gasteiger partial charge on any atom is 0.120 e. The van der Waals surface area contributed by atoms with E-state index >= 15 is 0 Å². The van der Waals surface area contributed by atoms with Gasteiger partial charge in [-0.15, -0.1) is 0 Å². The maximum absolute atomic E-state index is 9.11. The van der Waals surface area contributed by atoms with Gasteiger partial charge in [-0.3, -0.25) is 0 Å². The smallest absolute Gasteiger partial charge is 0.120 e. The number of aromatic hydroxyl groups is 1. The lowest BCUT2D eigenvalue weighted by Crippen LogP contribution is -1.92. The van der Waals surface area contributed by atoms with E-state index in [1.807, 2.05) is 42.5 Å². The molecular formula is C15H14O2. The second-order valence-electron chi connectivity index (χ2n) is 3.62. The second-order valence-corrected chi connectivity index (χ2v) is 3.62. The third-order valence-corrected chi connectivity index (χ3v) is 2.29. The Hall–Kier alpha value is -2.22. The summed E-state index contributed by atoms with van der Waals surface area (Å²) in [5.41, 5.74) is 1.15. The number of hydrogen-bond donors (Lipinski definition) is 1. The highest BCUT2D eigenvalue weighted by Crippen LogP contribution is 2.15. The van der Waals surface area contributed by atoms with Crippen molar-refractivity contribution >= 4 is 6.08 Å². The molecule has 2 rings (SSSR count). The summed E-state index contributed by atoms with van der Waals surface area (Å²) in [6, 6.07) is 16.8. The van der Waals surface area contributed by atoms with E-state index < -0.39 is 0 Å². The van der Waals surface area contributed by atoms with Gasteiger partial charge < -0.3 is 9.84 Å². The molecule has 0 aliphatic heterocycles. The van der Waals surface area contributed by atoms with Crippen LogP contribution in [0.15, 0.2) is 60.7 Å². The number of rotatable bonds is 4. The zero-order valence-electron chi connectivity index (χ0n) is 9.41. The average Bonchev–Trinajstić information content (AvgIpc) is 2.38. The first-order valence-corrected chi connectivity index (χ1v) is 5.48. The fourth-order valence-corrected chi connectivity index (χ4v) is 1.44. The van der Waals surface area contributed by atoms with Crippen molar-refractivity contribution in [3.8, 4) is 11.5 Å². The third kappa shape index (κ3) is 3.68. The molecular weight excluding hydrogens is 212 g/mol. The summed E-state index contributed by atoms with van der Waals surface area (Å²) in [5.74, 6) is 0.998. The highest BCUT2D eigenvalue weighted by atomic mass is 16.5. The van der Waals surface area contributed by atoms with Crippen LogP contribution in [0.4, 0.5) is 0 Å². The summed E-state index contributed by atoms with van der Waals surface area (Å²) in [7, 11) is 0. The Balaban J connectivity index is 1.84. The molecule has 17 heavy (non-hydrogen) atoms. The Bertz CT molecular complexity index is 472. The molecule has 2 heteroatoms. The van der Waals surface area contributed by atoms with Gasteiger partial charge in [-0.2, -0.15) is 0 Å². The van der Waals surface area contributed by atoms with Crippen molar-refractivity contribution in [3.05, 3.63) is 66.2 Å². The minimum atomic E-state index is 0.247. The van der Waals surface area contributed by atoms with Gasteiger partial charge in [-0.1, -0.05) is 36.4 Å². The van der Waals surface area contributed by atoms with Crippen molar-refractivity contribution in [1.29, 1.82) is 0 Å². The van der Waals surface area contributed by atoms with E-state index in [9.17, 15) is 0 Å². The van der Waals surface area contributed by atoms with E-state index in [1.165, 1.54) is 0 Å². The van der Waals surface area contributed by atoms with Crippen LogP contribution < -0.4 is 4.74 Å². The van der Waals surface area contributed by atoms with Crippen molar-refractivity contribution < 1.29 is 9.84 Å². The zero-order chi connectivity index (χ0) is 11.9. The predicted octanol–water partition coefficient (Wildman–Crippen LogP) is 3.48. The van der Waals surface area contributed by atoms with Crippen LogP contribution in [-0.2, 0) is 0 Å². The normalized spacial score (nSPS) is 10.6. The lowest BCUT2D eigenvalue weighted by Gasteiger charge is -2.02. The Morgan fingerprint density at radius 1 is 0.941 bits per heavy atom. The summed E-state index contributed by atoms with van der Waals surface area (Å²) in [4.78, 5) is 0. The number of hydrogen-bond acceptors (Lipinski definition) is 2. The molecule has 0 atom stereocenters. The van der Waals surface area contributed by atoms with E-state index in [0.29, 0.717) is 6.61 Å². The summed E-state index contributed by atoms with van der Waals surface area (Å²) in [6.07, 6.45) is 3.97.